The summed E-state index contributed by atoms with van der Waals surface area (Å²) in [7, 11) is 0. The van der Waals surface area contributed by atoms with Gasteiger partial charge < -0.3 is 15.2 Å². The molecule has 17 heavy (non-hydrogen) atoms. The van der Waals surface area contributed by atoms with Crippen molar-refractivity contribution in [3.8, 4) is 5.75 Å². The molecule has 0 fully saturated rings. The van der Waals surface area contributed by atoms with Gasteiger partial charge in [0.05, 0.1) is 0 Å². The molecule has 2 N–H and O–H groups in total. The van der Waals surface area contributed by atoms with Crippen molar-refractivity contribution in [1.29, 1.82) is 0 Å². The number of para-hydroxylation sites is 1. The molecule has 1 aromatic carbocycles. The van der Waals surface area contributed by atoms with Crippen LogP contribution in [0.3, 0.4) is 0 Å². The van der Waals surface area contributed by atoms with E-state index in [9.17, 15) is 9.18 Å². The first-order valence-electron chi connectivity index (χ1n) is 5.50. The van der Waals surface area contributed by atoms with Gasteiger partial charge in [0.15, 0.2) is 11.6 Å². The molecule has 94 valence electrons. The molecule has 5 heteroatoms. The molecule has 0 amide bonds. The highest BCUT2D eigenvalue weighted by Gasteiger charge is 2.00. The van der Waals surface area contributed by atoms with Gasteiger partial charge in [0.1, 0.15) is 6.61 Å². The predicted octanol–water partition coefficient (Wildman–Crippen LogP) is 1.66. The maximum absolute atomic E-state index is 13.1. The largest absolute Gasteiger partial charge is 0.489 e. The Morgan fingerprint density at radius 1 is 1.35 bits per heavy atom. The molecule has 0 aliphatic carbocycles. The van der Waals surface area contributed by atoms with Crippen molar-refractivity contribution in [1.82, 2.24) is 5.32 Å². The van der Waals surface area contributed by atoms with E-state index in [1.807, 2.05) is 0 Å². The maximum Gasteiger partial charge on any atom is 0.303 e. The Kier molecular flexibility index (Phi) is 6.03. The molecule has 0 aliphatic rings. The van der Waals surface area contributed by atoms with E-state index in [4.69, 9.17) is 9.84 Å². The Labute approximate surface area is 99.4 Å². The number of halogens is 1. The number of carbonyl (C=O) groups is 1. The normalized spacial score (nSPS) is 10.2. The molecule has 0 saturated heterocycles. The van der Waals surface area contributed by atoms with E-state index in [0.717, 1.165) is 0 Å². The van der Waals surface area contributed by atoms with E-state index in [1.165, 1.54) is 6.07 Å². The van der Waals surface area contributed by atoms with Crippen molar-refractivity contribution < 1.29 is 19.0 Å². The van der Waals surface area contributed by atoms with Crippen molar-refractivity contribution in [2.24, 2.45) is 0 Å². The number of carboxylic acid groups (broad SMARTS) is 1. The van der Waals surface area contributed by atoms with Gasteiger partial charge in [-0.05, 0) is 25.1 Å². The fraction of sp³-hybridized carbons (Fsp3) is 0.417. The fourth-order valence-electron chi connectivity index (χ4n) is 1.28. The summed E-state index contributed by atoms with van der Waals surface area (Å²) in [5.74, 6) is -0.937. The van der Waals surface area contributed by atoms with Crippen LogP contribution in [0.25, 0.3) is 0 Å². The molecule has 0 saturated carbocycles. The molecule has 0 aliphatic heterocycles. The topological polar surface area (TPSA) is 58.6 Å². The third-order valence-corrected chi connectivity index (χ3v) is 2.12. The van der Waals surface area contributed by atoms with E-state index in [2.05, 4.69) is 5.32 Å². The second kappa shape index (κ2) is 7.62. The zero-order valence-electron chi connectivity index (χ0n) is 9.49. The van der Waals surface area contributed by atoms with Crippen LogP contribution in [-0.2, 0) is 4.79 Å². The molecule has 0 aromatic heterocycles. The summed E-state index contributed by atoms with van der Waals surface area (Å²) in [4.78, 5) is 10.2. The van der Waals surface area contributed by atoms with E-state index in [-0.39, 0.29) is 18.0 Å². The van der Waals surface area contributed by atoms with Crippen LogP contribution >= 0.6 is 0 Å². The molecule has 0 atom stereocenters. The van der Waals surface area contributed by atoms with Gasteiger partial charge in [0.25, 0.3) is 0 Å². The molecule has 0 spiro atoms. The van der Waals surface area contributed by atoms with E-state index in [0.29, 0.717) is 26.1 Å². The lowest BCUT2D eigenvalue weighted by molar-refractivity contribution is -0.137. The van der Waals surface area contributed by atoms with Gasteiger partial charge in [-0.25, -0.2) is 4.39 Å². The van der Waals surface area contributed by atoms with Crippen LogP contribution in [0.4, 0.5) is 4.39 Å². The average Bonchev–Trinajstić information content (AvgIpc) is 2.30. The van der Waals surface area contributed by atoms with Crippen LogP contribution in [0.5, 0.6) is 5.75 Å². The van der Waals surface area contributed by atoms with Gasteiger partial charge >= 0.3 is 5.97 Å². The van der Waals surface area contributed by atoms with Gasteiger partial charge in [-0.1, -0.05) is 12.1 Å². The Morgan fingerprint density at radius 2 is 2.12 bits per heavy atom. The van der Waals surface area contributed by atoms with Gasteiger partial charge in [0, 0.05) is 13.0 Å². The van der Waals surface area contributed by atoms with Gasteiger partial charge in [0.2, 0.25) is 0 Å². The lowest BCUT2D eigenvalue weighted by Crippen LogP contribution is -2.22. The zero-order valence-corrected chi connectivity index (χ0v) is 9.49. The number of carboxylic acids is 1. The summed E-state index contributed by atoms with van der Waals surface area (Å²) in [6.45, 7) is 1.54. The number of hydrogen-bond acceptors (Lipinski definition) is 3. The zero-order chi connectivity index (χ0) is 12.5. The molecular weight excluding hydrogens is 225 g/mol. The molecule has 0 heterocycles. The second-order valence-corrected chi connectivity index (χ2v) is 3.53. The lowest BCUT2D eigenvalue weighted by Gasteiger charge is -2.07. The van der Waals surface area contributed by atoms with E-state index in [1.54, 1.807) is 18.2 Å². The summed E-state index contributed by atoms with van der Waals surface area (Å²) in [5, 5.41) is 11.4. The number of ether oxygens (including phenoxy) is 1. The minimum Gasteiger partial charge on any atom is -0.489 e. The second-order valence-electron chi connectivity index (χ2n) is 3.53. The fourth-order valence-corrected chi connectivity index (χ4v) is 1.28. The first kappa shape index (κ1) is 13.4. The monoisotopic (exact) mass is 241 g/mol. The quantitative estimate of drug-likeness (QED) is 0.679. The number of hydrogen-bond donors (Lipinski definition) is 2. The standard InChI is InChI=1S/C12H16FNO3/c13-10-4-1-2-5-11(10)17-9-8-14-7-3-6-12(15)16/h1-2,4-5,14H,3,6-9H2,(H,15,16). The van der Waals surface area contributed by atoms with Gasteiger partial charge in [-0.2, -0.15) is 0 Å². The Hall–Kier alpha value is -1.62. The molecule has 4 nitrogen and oxygen atoms in total. The first-order chi connectivity index (χ1) is 8.20. The highest BCUT2D eigenvalue weighted by Crippen LogP contribution is 2.14. The van der Waals surface area contributed by atoms with E-state index < -0.39 is 5.97 Å². The van der Waals surface area contributed by atoms with Crippen molar-refractivity contribution in [3.05, 3.63) is 30.1 Å². The Bertz CT molecular complexity index is 357. The minimum atomic E-state index is -0.797. The molecular formula is C12H16FNO3. The third-order valence-electron chi connectivity index (χ3n) is 2.12. The van der Waals surface area contributed by atoms with Crippen LogP contribution in [0.2, 0.25) is 0 Å². The Balaban J connectivity index is 2.05. The summed E-state index contributed by atoms with van der Waals surface area (Å²) in [6.07, 6.45) is 0.732. The number of rotatable bonds is 8. The average molecular weight is 241 g/mol. The Morgan fingerprint density at radius 3 is 2.82 bits per heavy atom. The maximum atomic E-state index is 13.1. The van der Waals surface area contributed by atoms with Crippen LogP contribution in [0, 0.1) is 5.82 Å². The number of aliphatic carboxylic acids is 1. The lowest BCUT2D eigenvalue weighted by atomic mass is 10.3. The summed E-state index contributed by atoms with van der Waals surface area (Å²) in [6, 6.07) is 6.22. The molecule has 1 aromatic rings. The van der Waals surface area contributed by atoms with Crippen LogP contribution < -0.4 is 10.1 Å². The SMILES string of the molecule is O=C(O)CCCNCCOc1ccccc1F. The summed E-state index contributed by atoms with van der Waals surface area (Å²) in [5.41, 5.74) is 0. The molecule has 0 bridgehead atoms. The van der Waals surface area contributed by atoms with Crippen molar-refractivity contribution >= 4 is 5.97 Å². The summed E-state index contributed by atoms with van der Waals surface area (Å²) < 4.78 is 18.3. The molecule has 0 radical (unpaired) electrons. The van der Waals surface area contributed by atoms with Crippen LogP contribution in [-0.4, -0.2) is 30.8 Å². The number of nitrogens with one attached hydrogen (secondary N) is 1. The van der Waals surface area contributed by atoms with Crippen molar-refractivity contribution in [2.75, 3.05) is 19.7 Å². The number of benzene rings is 1. The minimum absolute atomic E-state index is 0.154. The highest BCUT2D eigenvalue weighted by molar-refractivity contribution is 5.66. The van der Waals surface area contributed by atoms with E-state index >= 15 is 0 Å². The van der Waals surface area contributed by atoms with Gasteiger partial charge in [-0.3, -0.25) is 4.79 Å². The van der Waals surface area contributed by atoms with Crippen molar-refractivity contribution in [3.63, 3.8) is 0 Å². The van der Waals surface area contributed by atoms with Crippen LogP contribution in [0.1, 0.15) is 12.8 Å². The molecule has 0 unspecified atom stereocenters. The van der Waals surface area contributed by atoms with Crippen molar-refractivity contribution in [2.45, 2.75) is 12.8 Å². The smallest absolute Gasteiger partial charge is 0.303 e. The molecule has 1 rings (SSSR count). The predicted molar refractivity (Wildman–Crippen MR) is 61.6 cm³/mol. The summed E-state index contributed by atoms with van der Waals surface area (Å²) >= 11 is 0. The highest BCUT2D eigenvalue weighted by atomic mass is 19.1. The van der Waals surface area contributed by atoms with Crippen LogP contribution in [0.15, 0.2) is 24.3 Å². The van der Waals surface area contributed by atoms with Gasteiger partial charge in [-0.15, -0.1) is 0 Å². The first-order valence-corrected chi connectivity index (χ1v) is 5.50. The third kappa shape index (κ3) is 5.87.